The van der Waals surface area contributed by atoms with Gasteiger partial charge in [0.05, 0.1) is 5.56 Å². The molecule has 0 amide bonds. The summed E-state index contributed by atoms with van der Waals surface area (Å²) < 4.78 is 37.1. The van der Waals surface area contributed by atoms with Crippen LogP contribution in [0.2, 0.25) is 0 Å². The summed E-state index contributed by atoms with van der Waals surface area (Å²) in [7, 11) is 0. The molecule has 2 nitrogen and oxygen atoms in total. The highest BCUT2D eigenvalue weighted by Gasteiger charge is 2.29. The molecule has 1 aliphatic rings. The SMILES string of the molecule is FC(F)(F)c1ccc(CN2CC[N]CC2)cc1. The number of hydrogen-bond donors (Lipinski definition) is 0. The number of nitrogens with zero attached hydrogens (tertiary/aromatic N) is 2. The average Bonchev–Trinajstić information content (AvgIpc) is 2.30. The van der Waals surface area contributed by atoms with Gasteiger partial charge >= 0.3 is 6.18 Å². The molecule has 1 aliphatic heterocycles. The third-order valence-corrected chi connectivity index (χ3v) is 2.84. The van der Waals surface area contributed by atoms with Crippen LogP contribution in [0.4, 0.5) is 13.2 Å². The second-order valence-corrected chi connectivity index (χ2v) is 4.14. The van der Waals surface area contributed by atoms with E-state index >= 15 is 0 Å². The van der Waals surface area contributed by atoms with E-state index in [1.54, 1.807) is 12.1 Å². The minimum atomic E-state index is -4.25. The molecule has 2 rings (SSSR count). The van der Waals surface area contributed by atoms with Crippen molar-refractivity contribution in [2.75, 3.05) is 26.2 Å². The van der Waals surface area contributed by atoms with Crippen molar-refractivity contribution < 1.29 is 13.2 Å². The number of benzene rings is 1. The van der Waals surface area contributed by atoms with Crippen LogP contribution in [0.5, 0.6) is 0 Å². The maximum atomic E-state index is 12.4. The van der Waals surface area contributed by atoms with Gasteiger partial charge in [-0.25, -0.2) is 5.32 Å². The van der Waals surface area contributed by atoms with Crippen LogP contribution in [-0.4, -0.2) is 31.1 Å². The highest BCUT2D eigenvalue weighted by atomic mass is 19.4. The molecule has 1 aromatic rings. The lowest BCUT2D eigenvalue weighted by molar-refractivity contribution is -0.137. The molecule has 0 aliphatic carbocycles. The average molecular weight is 243 g/mol. The molecule has 17 heavy (non-hydrogen) atoms. The van der Waals surface area contributed by atoms with Crippen molar-refractivity contribution >= 4 is 0 Å². The zero-order valence-corrected chi connectivity index (χ0v) is 9.37. The van der Waals surface area contributed by atoms with E-state index in [0.717, 1.165) is 43.9 Å². The summed E-state index contributed by atoms with van der Waals surface area (Å²) in [6.45, 7) is 4.12. The molecule has 0 spiro atoms. The molecule has 0 saturated carbocycles. The van der Waals surface area contributed by atoms with Crippen LogP contribution in [-0.2, 0) is 12.7 Å². The van der Waals surface area contributed by atoms with Gasteiger partial charge < -0.3 is 0 Å². The van der Waals surface area contributed by atoms with Crippen molar-refractivity contribution in [3.63, 3.8) is 0 Å². The van der Waals surface area contributed by atoms with E-state index in [9.17, 15) is 13.2 Å². The summed E-state index contributed by atoms with van der Waals surface area (Å²) in [6, 6.07) is 5.39. The van der Waals surface area contributed by atoms with Crippen molar-refractivity contribution in [3.05, 3.63) is 35.4 Å². The predicted octanol–water partition coefficient (Wildman–Crippen LogP) is 2.13. The zero-order chi connectivity index (χ0) is 12.3. The largest absolute Gasteiger partial charge is 0.416 e. The molecule has 1 heterocycles. The predicted molar refractivity (Wildman–Crippen MR) is 58.6 cm³/mol. The molecule has 1 fully saturated rings. The summed E-state index contributed by atoms with van der Waals surface area (Å²) in [6.07, 6.45) is -4.25. The van der Waals surface area contributed by atoms with Gasteiger partial charge in [-0.2, -0.15) is 13.2 Å². The Morgan fingerprint density at radius 1 is 1.06 bits per heavy atom. The van der Waals surface area contributed by atoms with Crippen LogP contribution >= 0.6 is 0 Å². The molecule has 93 valence electrons. The van der Waals surface area contributed by atoms with Crippen molar-refractivity contribution in [2.24, 2.45) is 0 Å². The van der Waals surface area contributed by atoms with Gasteiger partial charge in [0.1, 0.15) is 0 Å². The van der Waals surface area contributed by atoms with E-state index in [0.29, 0.717) is 6.54 Å². The normalized spacial score (nSPS) is 18.3. The van der Waals surface area contributed by atoms with Gasteiger partial charge in [0.2, 0.25) is 0 Å². The van der Waals surface area contributed by atoms with Gasteiger partial charge in [0.15, 0.2) is 0 Å². The van der Waals surface area contributed by atoms with E-state index < -0.39 is 11.7 Å². The number of halogens is 3. The molecule has 0 atom stereocenters. The minimum Gasteiger partial charge on any atom is -0.296 e. The van der Waals surface area contributed by atoms with Gasteiger partial charge in [-0.05, 0) is 17.7 Å². The van der Waals surface area contributed by atoms with Gasteiger partial charge in [0.25, 0.3) is 0 Å². The number of rotatable bonds is 2. The Bertz CT molecular complexity index is 353. The fourth-order valence-electron chi connectivity index (χ4n) is 1.86. The molecule has 0 aromatic heterocycles. The fraction of sp³-hybridized carbons (Fsp3) is 0.500. The molecule has 0 bridgehead atoms. The lowest BCUT2D eigenvalue weighted by atomic mass is 10.1. The second kappa shape index (κ2) is 5.06. The monoisotopic (exact) mass is 243 g/mol. The minimum absolute atomic E-state index is 0.588. The fourth-order valence-corrected chi connectivity index (χ4v) is 1.86. The van der Waals surface area contributed by atoms with Gasteiger partial charge in [-0.1, -0.05) is 12.1 Å². The van der Waals surface area contributed by atoms with E-state index in [4.69, 9.17) is 0 Å². The van der Waals surface area contributed by atoms with Crippen LogP contribution in [0.3, 0.4) is 0 Å². The van der Waals surface area contributed by atoms with Crippen molar-refractivity contribution in [2.45, 2.75) is 12.7 Å². The summed E-state index contributed by atoms with van der Waals surface area (Å²) in [5, 5.41) is 4.22. The Morgan fingerprint density at radius 2 is 1.65 bits per heavy atom. The summed E-state index contributed by atoms with van der Waals surface area (Å²) in [4.78, 5) is 2.20. The van der Waals surface area contributed by atoms with Crippen LogP contribution < -0.4 is 5.32 Å². The maximum Gasteiger partial charge on any atom is 0.416 e. The highest BCUT2D eigenvalue weighted by molar-refractivity contribution is 5.24. The van der Waals surface area contributed by atoms with E-state index in [-0.39, 0.29) is 0 Å². The van der Waals surface area contributed by atoms with Gasteiger partial charge in [0, 0.05) is 32.7 Å². The first-order valence-corrected chi connectivity index (χ1v) is 5.57. The number of hydrogen-bond acceptors (Lipinski definition) is 1. The van der Waals surface area contributed by atoms with E-state index in [2.05, 4.69) is 10.2 Å². The highest BCUT2D eigenvalue weighted by Crippen LogP contribution is 2.29. The van der Waals surface area contributed by atoms with Crippen LogP contribution in [0.15, 0.2) is 24.3 Å². The number of alkyl halides is 3. The molecule has 1 aromatic carbocycles. The summed E-state index contributed by atoms with van der Waals surface area (Å²) in [5.74, 6) is 0. The van der Waals surface area contributed by atoms with E-state index in [1.165, 1.54) is 0 Å². The Morgan fingerprint density at radius 3 is 2.18 bits per heavy atom. The topological polar surface area (TPSA) is 17.3 Å². The quantitative estimate of drug-likeness (QED) is 0.777. The summed E-state index contributed by atoms with van der Waals surface area (Å²) in [5.41, 5.74) is 0.329. The van der Waals surface area contributed by atoms with E-state index in [1.807, 2.05) is 0 Å². The third kappa shape index (κ3) is 3.44. The first-order valence-electron chi connectivity index (χ1n) is 5.57. The smallest absolute Gasteiger partial charge is 0.296 e. The van der Waals surface area contributed by atoms with Crippen molar-refractivity contribution in [1.29, 1.82) is 0 Å². The Kier molecular flexibility index (Phi) is 3.69. The van der Waals surface area contributed by atoms with Crippen molar-refractivity contribution in [3.8, 4) is 0 Å². The van der Waals surface area contributed by atoms with Crippen LogP contribution in [0.1, 0.15) is 11.1 Å². The van der Waals surface area contributed by atoms with Gasteiger partial charge in [-0.3, -0.25) is 4.90 Å². The molecular formula is C12H14F3N2. The lowest BCUT2D eigenvalue weighted by Crippen LogP contribution is -2.39. The van der Waals surface area contributed by atoms with Crippen molar-refractivity contribution in [1.82, 2.24) is 10.2 Å². The summed E-state index contributed by atoms with van der Waals surface area (Å²) >= 11 is 0. The molecule has 5 heteroatoms. The first kappa shape index (κ1) is 12.4. The molecule has 1 saturated heterocycles. The second-order valence-electron chi connectivity index (χ2n) is 4.14. The zero-order valence-electron chi connectivity index (χ0n) is 9.37. The van der Waals surface area contributed by atoms with Crippen LogP contribution in [0.25, 0.3) is 0 Å². The number of piperazine rings is 1. The molecule has 0 N–H and O–H groups in total. The third-order valence-electron chi connectivity index (χ3n) is 2.84. The Balaban J connectivity index is 1.98. The Hall–Kier alpha value is -1.07. The molecular weight excluding hydrogens is 229 g/mol. The maximum absolute atomic E-state index is 12.4. The van der Waals surface area contributed by atoms with Crippen LogP contribution in [0, 0.1) is 0 Å². The standard InChI is InChI=1S/C12H14F3N2/c13-12(14,15)11-3-1-10(2-4-11)9-17-7-5-16-6-8-17/h1-4H,5-9H2. The molecule has 0 unspecified atom stereocenters. The Labute approximate surface area is 98.4 Å². The molecule has 1 radical (unpaired) electrons. The lowest BCUT2D eigenvalue weighted by Gasteiger charge is -2.26. The van der Waals surface area contributed by atoms with Gasteiger partial charge in [-0.15, -0.1) is 0 Å². The first-order chi connectivity index (χ1) is 8.05.